The van der Waals surface area contributed by atoms with Crippen LogP contribution in [0.1, 0.15) is 184 Å². The predicted octanol–water partition coefficient (Wildman–Crippen LogP) is 18.4. The molecule has 0 fully saturated rings. The third-order valence-electron chi connectivity index (χ3n) is 7.75. The summed E-state index contributed by atoms with van der Waals surface area (Å²) in [5, 5.41) is 0. The van der Waals surface area contributed by atoms with Gasteiger partial charge in [0.2, 0.25) is 0 Å². The SMILES string of the molecule is C/C=C\C=C(/C)CCC.C=C(C)CC.C=C(C)CCC(=C)C(C)CC(=C)C.CC.CCC.CCCc1ccc(CC)c(C)c1.CCCc1ccccc1. The van der Waals surface area contributed by atoms with Gasteiger partial charge in [0.05, 0.1) is 0 Å². The van der Waals surface area contributed by atoms with Crippen molar-refractivity contribution in [1.82, 2.24) is 0 Å². The zero-order chi connectivity index (χ0) is 42.0. The Hall–Kier alpha value is -3.12. The highest BCUT2D eigenvalue weighted by Gasteiger charge is 2.06. The minimum Gasteiger partial charge on any atom is -0.100 e. The summed E-state index contributed by atoms with van der Waals surface area (Å²) in [6.45, 7) is 49.6. The minimum absolute atomic E-state index is 0.567. The van der Waals surface area contributed by atoms with Crippen molar-refractivity contribution in [2.75, 3.05) is 0 Å². The summed E-state index contributed by atoms with van der Waals surface area (Å²) in [6, 6.07) is 17.4. The summed E-state index contributed by atoms with van der Waals surface area (Å²) in [5.74, 6) is 0.567. The molecule has 0 bridgehead atoms. The van der Waals surface area contributed by atoms with Crippen molar-refractivity contribution >= 4 is 0 Å². The molecule has 0 aliphatic heterocycles. The maximum absolute atomic E-state index is 4.10. The molecule has 0 aliphatic rings. The first kappa shape index (κ1) is 59.2. The highest BCUT2D eigenvalue weighted by atomic mass is 14.1. The van der Waals surface area contributed by atoms with Crippen LogP contribution in [0.5, 0.6) is 0 Å². The molecule has 0 heteroatoms. The van der Waals surface area contributed by atoms with Crippen LogP contribution in [0, 0.1) is 12.8 Å². The van der Waals surface area contributed by atoms with Gasteiger partial charge in [-0.2, -0.15) is 0 Å². The average molecular weight is 729 g/mol. The van der Waals surface area contributed by atoms with Crippen LogP contribution in [0.3, 0.4) is 0 Å². The summed E-state index contributed by atoms with van der Waals surface area (Å²) in [6.07, 6.45) is 20.4. The molecular formula is C53H92. The number of rotatable bonds is 15. The van der Waals surface area contributed by atoms with Crippen LogP contribution in [-0.4, -0.2) is 0 Å². The van der Waals surface area contributed by atoms with Gasteiger partial charge in [0.15, 0.2) is 0 Å². The summed E-state index contributed by atoms with van der Waals surface area (Å²) < 4.78 is 0. The van der Waals surface area contributed by atoms with Crippen molar-refractivity contribution in [1.29, 1.82) is 0 Å². The smallest absolute Gasteiger partial charge is 0.0197 e. The summed E-state index contributed by atoms with van der Waals surface area (Å²) in [4.78, 5) is 0. The molecule has 304 valence electrons. The maximum atomic E-state index is 4.10. The summed E-state index contributed by atoms with van der Waals surface area (Å²) >= 11 is 0. The van der Waals surface area contributed by atoms with Crippen LogP contribution < -0.4 is 0 Å². The topological polar surface area (TPSA) is 0 Å². The van der Waals surface area contributed by atoms with Crippen molar-refractivity contribution in [3.8, 4) is 0 Å². The van der Waals surface area contributed by atoms with Crippen LogP contribution >= 0.6 is 0 Å². The fraction of sp³-hybridized carbons (Fsp3) is 0.547. The van der Waals surface area contributed by atoms with Gasteiger partial charge in [-0.25, -0.2) is 0 Å². The van der Waals surface area contributed by atoms with E-state index < -0.39 is 0 Å². The largest absolute Gasteiger partial charge is 0.100 e. The molecular weight excluding hydrogens is 637 g/mol. The molecule has 0 aromatic heterocycles. The number of hydrogen-bond acceptors (Lipinski definition) is 0. The van der Waals surface area contributed by atoms with Gasteiger partial charge in [0, 0.05) is 0 Å². The fourth-order valence-electron chi connectivity index (χ4n) is 4.56. The van der Waals surface area contributed by atoms with Crippen LogP contribution in [0.4, 0.5) is 0 Å². The Labute approximate surface area is 335 Å². The number of hydrogen-bond donors (Lipinski definition) is 0. The molecule has 0 radical (unpaired) electrons. The minimum atomic E-state index is 0.567. The van der Waals surface area contributed by atoms with E-state index in [1.165, 1.54) is 95.1 Å². The lowest BCUT2D eigenvalue weighted by molar-refractivity contribution is 0.639. The second-order valence-electron chi connectivity index (χ2n) is 14.1. The number of allylic oxidation sites excluding steroid dienone is 8. The molecule has 2 aromatic carbocycles. The van der Waals surface area contributed by atoms with E-state index in [0.717, 1.165) is 32.1 Å². The molecule has 0 N–H and O–H groups in total. The van der Waals surface area contributed by atoms with E-state index in [9.17, 15) is 0 Å². The van der Waals surface area contributed by atoms with E-state index in [2.05, 4.69) is 176 Å². The van der Waals surface area contributed by atoms with Gasteiger partial charge in [0.25, 0.3) is 0 Å². The molecule has 2 aromatic rings. The average Bonchev–Trinajstić information content (AvgIpc) is 3.12. The van der Waals surface area contributed by atoms with E-state index >= 15 is 0 Å². The highest BCUT2D eigenvalue weighted by Crippen LogP contribution is 2.22. The van der Waals surface area contributed by atoms with Gasteiger partial charge in [-0.3, -0.25) is 0 Å². The molecule has 1 unspecified atom stereocenters. The summed E-state index contributed by atoms with van der Waals surface area (Å²) in [5.41, 5.74) is 12.4. The second-order valence-corrected chi connectivity index (χ2v) is 14.1. The molecule has 2 rings (SSSR count). The summed E-state index contributed by atoms with van der Waals surface area (Å²) in [7, 11) is 0. The van der Waals surface area contributed by atoms with Crippen LogP contribution in [0.2, 0.25) is 0 Å². The van der Waals surface area contributed by atoms with Gasteiger partial charge < -0.3 is 0 Å². The zero-order valence-electron chi connectivity index (χ0n) is 38.7. The highest BCUT2D eigenvalue weighted by molar-refractivity contribution is 5.31. The normalized spacial score (nSPS) is 10.3. The molecule has 0 aliphatic carbocycles. The Morgan fingerprint density at radius 1 is 0.660 bits per heavy atom. The third-order valence-corrected chi connectivity index (χ3v) is 7.75. The first-order chi connectivity index (χ1) is 25.1. The van der Waals surface area contributed by atoms with Crippen LogP contribution in [0.25, 0.3) is 0 Å². The lowest BCUT2D eigenvalue weighted by Crippen LogP contribution is -1.99. The molecule has 0 nitrogen and oxygen atoms in total. The van der Waals surface area contributed by atoms with Gasteiger partial charge in [0.1, 0.15) is 0 Å². The lowest BCUT2D eigenvalue weighted by Gasteiger charge is -2.14. The Morgan fingerprint density at radius 2 is 1.17 bits per heavy atom. The van der Waals surface area contributed by atoms with E-state index in [-0.39, 0.29) is 0 Å². The molecule has 0 saturated heterocycles. The molecule has 0 spiro atoms. The fourth-order valence-corrected chi connectivity index (χ4v) is 4.56. The Bertz CT molecular complexity index is 1180. The lowest BCUT2D eigenvalue weighted by atomic mass is 9.92. The van der Waals surface area contributed by atoms with Crippen molar-refractivity contribution < 1.29 is 0 Å². The molecule has 0 heterocycles. The molecule has 0 amide bonds. The Balaban J connectivity index is -0.000000180. The Morgan fingerprint density at radius 3 is 1.55 bits per heavy atom. The molecule has 1 atom stereocenters. The van der Waals surface area contributed by atoms with Gasteiger partial charge in [-0.1, -0.05) is 196 Å². The first-order valence-electron chi connectivity index (χ1n) is 21.1. The van der Waals surface area contributed by atoms with Crippen LogP contribution in [-0.2, 0) is 19.3 Å². The van der Waals surface area contributed by atoms with Crippen molar-refractivity contribution in [3.63, 3.8) is 0 Å². The van der Waals surface area contributed by atoms with E-state index in [4.69, 9.17) is 0 Å². The van der Waals surface area contributed by atoms with E-state index in [1.54, 1.807) is 0 Å². The zero-order valence-corrected chi connectivity index (χ0v) is 38.7. The first-order valence-corrected chi connectivity index (χ1v) is 21.1. The van der Waals surface area contributed by atoms with Gasteiger partial charge in [-0.05, 0) is 121 Å². The number of benzene rings is 2. The standard InChI is InChI=1S/C13H22.C12H18.C9H12.C9H16.C5H10.C3H8.C2H6/c1-10(2)7-8-12(5)13(6)9-11(3)4;1-4-6-11-7-8-12(5-2)10(3)9-11;1-2-6-9-7-4-3-5-8-9;1-4-6-8-9(3)7-5-2;1-4-5(2)3;1-3-2;1-2/h13H,1,3,5,7-9H2,2,4,6H3;7-9H,4-6H2,1-3H3;3-5,7-8H,2,6H2,1H3;4,6,8H,5,7H2,1-3H3;2,4H2,1,3H3;3H2,1-2H3;1-2H3/b;;;6-4-,9-8+;;;. The van der Waals surface area contributed by atoms with Crippen molar-refractivity contribution in [2.24, 2.45) is 5.92 Å². The number of aryl methyl sites for hydroxylation is 4. The third kappa shape index (κ3) is 46.9. The molecule has 0 saturated carbocycles. The quantitative estimate of drug-likeness (QED) is 0.127. The van der Waals surface area contributed by atoms with Gasteiger partial charge >= 0.3 is 0 Å². The van der Waals surface area contributed by atoms with Crippen molar-refractivity contribution in [2.45, 2.75) is 188 Å². The van der Waals surface area contributed by atoms with E-state index in [0.29, 0.717) is 5.92 Å². The van der Waals surface area contributed by atoms with E-state index in [1.807, 2.05) is 27.7 Å². The van der Waals surface area contributed by atoms with Crippen molar-refractivity contribution in [3.05, 3.63) is 143 Å². The van der Waals surface area contributed by atoms with Gasteiger partial charge in [-0.15, -0.1) is 19.7 Å². The molecule has 53 heavy (non-hydrogen) atoms. The monoisotopic (exact) mass is 729 g/mol. The Kier molecular flexibility index (Phi) is 50.3. The predicted molar refractivity (Wildman–Crippen MR) is 253 cm³/mol. The maximum Gasteiger partial charge on any atom is -0.0197 e. The second kappa shape index (κ2) is 45.0. The van der Waals surface area contributed by atoms with Crippen LogP contribution in [0.15, 0.2) is 121 Å².